The van der Waals surface area contributed by atoms with Gasteiger partial charge in [-0.3, -0.25) is 4.79 Å². The first kappa shape index (κ1) is 17.3. The standard InChI is InChI=1S/C22H19NO4/c1-2-25-21(24)12-20-22-16-5-3-4-6-17(16)26-19(22)11-18(27-20)15-9-7-14(13-23)8-10-15/h3-10,18,20H,2,11-12H2,1H3/t18-,20-/m1/s1. The van der Waals surface area contributed by atoms with E-state index >= 15 is 0 Å². The van der Waals surface area contributed by atoms with Crippen LogP contribution in [0.1, 0.15) is 48.0 Å². The van der Waals surface area contributed by atoms with E-state index < -0.39 is 6.10 Å². The number of hydrogen-bond acceptors (Lipinski definition) is 5. The zero-order chi connectivity index (χ0) is 18.8. The number of ether oxygens (including phenoxy) is 2. The predicted octanol–water partition coefficient (Wildman–Crippen LogP) is 4.61. The molecular formula is C22H19NO4. The van der Waals surface area contributed by atoms with Crippen LogP contribution in [0, 0.1) is 11.3 Å². The maximum Gasteiger partial charge on any atom is 0.308 e. The Morgan fingerprint density at radius 1 is 1.22 bits per heavy atom. The van der Waals surface area contributed by atoms with Crippen LogP contribution in [0.25, 0.3) is 11.0 Å². The molecule has 0 amide bonds. The highest BCUT2D eigenvalue weighted by atomic mass is 16.5. The predicted molar refractivity (Wildman–Crippen MR) is 98.9 cm³/mol. The summed E-state index contributed by atoms with van der Waals surface area (Å²) in [6.07, 6.45) is 0.0363. The second kappa shape index (κ2) is 7.26. The summed E-state index contributed by atoms with van der Waals surface area (Å²) in [6.45, 7) is 2.13. The monoisotopic (exact) mass is 361 g/mol. The second-order valence-electron chi connectivity index (χ2n) is 6.50. The van der Waals surface area contributed by atoms with E-state index in [0.717, 1.165) is 27.9 Å². The quantitative estimate of drug-likeness (QED) is 0.634. The van der Waals surface area contributed by atoms with Crippen LogP contribution in [0.4, 0.5) is 0 Å². The highest BCUT2D eigenvalue weighted by Gasteiger charge is 2.34. The van der Waals surface area contributed by atoms with Gasteiger partial charge in [-0.05, 0) is 30.7 Å². The number of nitrogens with zero attached hydrogens (tertiary/aromatic N) is 1. The number of para-hydroxylation sites is 1. The van der Waals surface area contributed by atoms with Crippen molar-refractivity contribution in [3.63, 3.8) is 0 Å². The van der Waals surface area contributed by atoms with E-state index in [9.17, 15) is 4.79 Å². The highest BCUT2D eigenvalue weighted by Crippen LogP contribution is 2.44. The third-order valence-corrected chi connectivity index (χ3v) is 4.80. The third-order valence-electron chi connectivity index (χ3n) is 4.80. The van der Waals surface area contributed by atoms with Gasteiger partial charge in [0.2, 0.25) is 0 Å². The SMILES string of the molecule is CCOC(=O)C[C@H]1O[C@@H](c2ccc(C#N)cc2)Cc2oc3ccccc3c21. The van der Waals surface area contributed by atoms with Crippen molar-refractivity contribution in [3.8, 4) is 6.07 Å². The van der Waals surface area contributed by atoms with E-state index in [-0.39, 0.29) is 18.5 Å². The molecule has 5 heteroatoms. The van der Waals surface area contributed by atoms with Crippen molar-refractivity contribution in [2.24, 2.45) is 0 Å². The van der Waals surface area contributed by atoms with Crippen molar-refractivity contribution in [1.29, 1.82) is 5.26 Å². The molecule has 136 valence electrons. The Morgan fingerprint density at radius 3 is 2.74 bits per heavy atom. The lowest BCUT2D eigenvalue weighted by Crippen LogP contribution is -2.22. The largest absolute Gasteiger partial charge is 0.466 e. The van der Waals surface area contributed by atoms with Crippen molar-refractivity contribution < 1.29 is 18.7 Å². The molecule has 0 saturated carbocycles. The zero-order valence-electron chi connectivity index (χ0n) is 15.0. The summed E-state index contributed by atoms with van der Waals surface area (Å²) in [5, 5.41) is 9.97. The minimum Gasteiger partial charge on any atom is -0.466 e. The Morgan fingerprint density at radius 2 is 2.00 bits per heavy atom. The van der Waals surface area contributed by atoms with Gasteiger partial charge < -0.3 is 13.9 Å². The van der Waals surface area contributed by atoms with Crippen molar-refractivity contribution >= 4 is 16.9 Å². The van der Waals surface area contributed by atoms with Crippen LogP contribution in [-0.4, -0.2) is 12.6 Å². The minimum atomic E-state index is -0.433. The number of rotatable bonds is 4. The van der Waals surface area contributed by atoms with Crippen molar-refractivity contribution in [1.82, 2.24) is 0 Å². The summed E-state index contributed by atoms with van der Waals surface area (Å²) in [7, 11) is 0. The average Bonchev–Trinajstić information content (AvgIpc) is 3.07. The number of fused-ring (bicyclic) bond motifs is 3. The molecule has 4 rings (SSSR count). The van der Waals surface area contributed by atoms with Crippen molar-refractivity contribution in [2.45, 2.75) is 32.0 Å². The normalized spacial score (nSPS) is 18.7. The average molecular weight is 361 g/mol. The van der Waals surface area contributed by atoms with Gasteiger partial charge in [-0.1, -0.05) is 30.3 Å². The Labute approximate surface area is 157 Å². The lowest BCUT2D eigenvalue weighted by Gasteiger charge is -2.29. The molecule has 27 heavy (non-hydrogen) atoms. The van der Waals surface area contributed by atoms with Gasteiger partial charge in [-0.15, -0.1) is 0 Å². The van der Waals surface area contributed by atoms with Gasteiger partial charge in [-0.2, -0.15) is 5.26 Å². The molecule has 1 aliphatic rings. The maximum absolute atomic E-state index is 12.1. The molecule has 1 aromatic heterocycles. The summed E-state index contributed by atoms with van der Waals surface area (Å²) < 4.78 is 17.5. The summed E-state index contributed by atoms with van der Waals surface area (Å²) in [5.41, 5.74) is 3.28. The number of furan rings is 1. The summed E-state index contributed by atoms with van der Waals surface area (Å²) in [6, 6.07) is 17.2. The molecule has 3 aromatic rings. The number of esters is 1. The molecule has 0 radical (unpaired) electrons. The van der Waals surface area contributed by atoms with Gasteiger partial charge in [-0.25, -0.2) is 0 Å². The minimum absolute atomic E-state index is 0.136. The van der Waals surface area contributed by atoms with E-state index in [2.05, 4.69) is 6.07 Å². The molecule has 0 N–H and O–H groups in total. The molecular weight excluding hydrogens is 342 g/mol. The van der Waals surface area contributed by atoms with Gasteiger partial charge in [0.1, 0.15) is 11.3 Å². The van der Waals surface area contributed by atoms with E-state index in [4.69, 9.17) is 19.2 Å². The van der Waals surface area contributed by atoms with E-state index in [1.807, 2.05) is 36.4 Å². The smallest absolute Gasteiger partial charge is 0.308 e. The third kappa shape index (κ3) is 3.32. The Bertz CT molecular complexity index is 1010. The van der Waals surface area contributed by atoms with Gasteiger partial charge >= 0.3 is 5.97 Å². The fraction of sp³-hybridized carbons (Fsp3) is 0.273. The summed E-state index contributed by atoms with van der Waals surface area (Å²) >= 11 is 0. The Kier molecular flexibility index (Phi) is 4.66. The highest BCUT2D eigenvalue weighted by molar-refractivity contribution is 5.84. The van der Waals surface area contributed by atoms with Crippen LogP contribution in [0.3, 0.4) is 0 Å². The van der Waals surface area contributed by atoms with E-state index in [0.29, 0.717) is 18.6 Å². The molecule has 2 atom stereocenters. The number of benzene rings is 2. The van der Waals surface area contributed by atoms with Crippen LogP contribution >= 0.6 is 0 Å². The lowest BCUT2D eigenvalue weighted by molar-refractivity contribution is -0.148. The Hall–Kier alpha value is -3.10. The fourth-order valence-electron chi connectivity index (χ4n) is 3.59. The molecule has 0 saturated heterocycles. The maximum atomic E-state index is 12.1. The van der Waals surface area contributed by atoms with Crippen LogP contribution < -0.4 is 0 Å². The molecule has 0 unspecified atom stereocenters. The molecule has 0 fully saturated rings. The van der Waals surface area contributed by atoms with E-state index in [1.54, 1.807) is 19.1 Å². The van der Waals surface area contributed by atoms with Crippen LogP contribution in [0.2, 0.25) is 0 Å². The molecule has 0 spiro atoms. The number of carbonyl (C=O) groups excluding carboxylic acids is 1. The summed E-state index contributed by atoms with van der Waals surface area (Å²) in [4.78, 5) is 12.1. The molecule has 5 nitrogen and oxygen atoms in total. The molecule has 0 aliphatic carbocycles. The van der Waals surface area contributed by atoms with Gasteiger partial charge in [0.25, 0.3) is 0 Å². The molecule has 1 aliphatic heterocycles. The van der Waals surface area contributed by atoms with Crippen LogP contribution in [-0.2, 0) is 20.7 Å². The number of nitriles is 1. The van der Waals surface area contributed by atoms with E-state index in [1.165, 1.54) is 0 Å². The van der Waals surface area contributed by atoms with Crippen LogP contribution in [0.15, 0.2) is 52.9 Å². The molecule has 2 heterocycles. The number of hydrogen-bond donors (Lipinski definition) is 0. The second-order valence-corrected chi connectivity index (χ2v) is 6.50. The Balaban J connectivity index is 1.72. The van der Waals surface area contributed by atoms with Crippen molar-refractivity contribution in [3.05, 3.63) is 71.0 Å². The first-order valence-corrected chi connectivity index (χ1v) is 9.01. The topological polar surface area (TPSA) is 72.5 Å². The zero-order valence-corrected chi connectivity index (χ0v) is 15.0. The van der Waals surface area contributed by atoms with Crippen LogP contribution in [0.5, 0.6) is 0 Å². The van der Waals surface area contributed by atoms with Gasteiger partial charge in [0.15, 0.2) is 0 Å². The molecule has 2 aromatic carbocycles. The summed E-state index contributed by atoms with van der Waals surface area (Å²) in [5.74, 6) is 0.547. The molecule has 0 bridgehead atoms. The van der Waals surface area contributed by atoms with Crippen molar-refractivity contribution in [2.75, 3.05) is 6.61 Å². The first-order valence-electron chi connectivity index (χ1n) is 9.01. The fourth-order valence-corrected chi connectivity index (χ4v) is 3.59. The van der Waals surface area contributed by atoms with Gasteiger partial charge in [0.05, 0.1) is 36.9 Å². The van der Waals surface area contributed by atoms with Gasteiger partial charge in [0, 0.05) is 17.4 Å². The lowest BCUT2D eigenvalue weighted by atomic mass is 9.93. The first-order chi connectivity index (χ1) is 13.2. The number of carbonyl (C=O) groups is 1.